The Morgan fingerprint density at radius 2 is 1.49 bits per heavy atom. The Hall–Kier alpha value is -3.64. The van der Waals surface area contributed by atoms with Gasteiger partial charge in [-0.2, -0.15) is 0 Å². The Balaban J connectivity index is 2.48. The molecule has 3 N–H and O–H groups in total. The largest absolute Gasteiger partial charge is 0.507 e. The molecule has 1 aliphatic heterocycles. The van der Waals surface area contributed by atoms with Gasteiger partial charge in [0.05, 0.1) is 11.1 Å². The van der Waals surface area contributed by atoms with Crippen molar-refractivity contribution in [2.24, 2.45) is 0 Å². The Labute approximate surface area is 204 Å². The lowest BCUT2D eigenvalue weighted by Crippen LogP contribution is -2.22. The van der Waals surface area contributed by atoms with E-state index in [1.54, 1.807) is 27.8 Å². The lowest BCUT2D eigenvalue weighted by molar-refractivity contribution is 0.0697. The van der Waals surface area contributed by atoms with Crippen LogP contribution < -0.4 is 10.7 Å². The molecule has 6 heteroatoms. The third-order valence-electron chi connectivity index (χ3n) is 7.41. The van der Waals surface area contributed by atoms with E-state index in [0.717, 1.165) is 33.2 Å². The molecule has 0 radical (unpaired) electrons. The third-order valence-corrected chi connectivity index (χ3v) is 7.41. The van der Waals surface area contributed by atoms with E-state index in [1.165, 1.54) is 0 Å². The van der Waals surface area contributed by atoms with Gasteiger partial charge >= 0.3 is 5.97 Å². The van der Waals surface area contributed by atoms with Crippen LogP contribution in [0.1, 0.15) is 54.9 Å². The van der Waals surface area contributed by atoms with Crippen LogP contribution in [0.2, 0.25) is 0 Å². The summed E-state index contributed by atoms with van der Waals surface area (Å²) in [6, 6.07) is 3.74. The molecule has 182 valence electrons. The first-order valence-corrected chi connectivity index (χ1v) is 11.6. The first-order valence-electron chi connectivity index (χ1n) is 11.6. The average Bonchev–Trinajstić information content (AvgIpc) is 2.82. The summed E-state index contributed by atoms with van der Waals surface area (Å²) in [5, 5.41) is 25.0. The van der Waals surface area contributed by atoms with E-state index in [2.05, 4.69) is 5.32 Å². The lowest BCUT2D eigenvalue weighted by atomic mass is 9.81. The molecule has 0 fully saturated rings. The van der Waals surface area contributed by atoms with E-state index < -0.39 is 5.97 Å². The van der Waals surface area contributed by atoms with Crippen LogP contribution >= 0.6 is 0 Å². The van der Waals surface area contributed by atoms with Crippen molar-refractivity contribution in [1.29, 1.82) is 0 Å². The highest BCUT2D eigenvalue weighted by Crippen LogP contribution is 2.49. The molecule has 0 amide bonds. The van der Waals surface area contributed by atoms with E-state index >= 15 is 0 Å². The van der Waals surface area contributed by atoms with Crippen LogP contribution in [-0.2, 0) is 6.54 Å². The van der Waals surface area contributed by atoms with Crippen molar-refractivity contribution in [3.63, 3.8) is 0 Å². The van der Waals surface area contributed by atoms with Crippen molar-refractivity contribution in [2.75, 3.05) is 7.05 Å². The van der Waals surface area contributed by atoms with Crippen LogP contribution in [0.5, 0.6) is 5.75 Å². The molecule has 4 rings (SSSR count). The minimum atomic E-state index is -1.02. The third kappa shape index (κ3) is 3.43. The van der Waals surface area contributed by atoms with Crippen molar-refractivity contribution in [3.05, 3.63) is 72.4 Å². The summed E-state index contributed by atoms with van der Waals surface area (Å²) in [4.78, 5) is 25.9. The van der Waals surface area contributed by atoms with Crippen molar-refractivity contribution < 1.29 is 19.4 Å². The maximum Gasteiger partial charge on any atom is 0.336 e. The van der Waals surface area contributed by atoms with Crippen LogP contribution in [-0.4, -0.2) is 23.2 Å². The Morgan fingerprint density at radius 3 is 2.09 bits per heavy atom. The van der Waals surface area contributed by atoms with Gasteiger partial charge in [0.15, 0.2) is 5.43 Å². The number of aryl methyl sites for hydroxylation is 4. The fraction of sp³-hybridized carbons (Fsp3) is 0.310. The van der Waals surface area contributed by atoms with Gasteiger partial charge < -0.3 is 19.9 Å². The SMILES string of the molecule is CNCc1c2oc3c(C)c(O)c(C)c(C)c3c(-c3c(C)ccc(C)c3C(=O)O)c-2c(C)c(C)c1=O. The number of aromatic carboxylic acids is 1. The molecule has 0 unspecified atom stereocenters. The Morgan fingerprint density at radius 1 is 0.857 bits per heavy atom. The molecular weight excluding hydrogens is 442 g/mol. The summed E-state index contributed by atoms with van der Waals surface area (Å²) in [6.45, 7) is 13.2. The summed E-state index contributed by atoms with van der Waals surface area (Å²) in [5.41, 5.74) is 7.97. The zero-order valence-electron chi connectivity index (χ0n) is 21.5. The predicted octanol–water partition coefficient (Wildman–Crippen LogP) is 5.85. The number of hydrogen-bond donors (Lipinski definition) is 3. The number of carboxylic acids is 1. The van der Waals surface area contributed by atoms with E-state index in [1.807, 2.05) is 39.8 Å². The molecule has 0 bridgehead atoms. The van der Waals surface area contributed by atoms with Crippen LogP contribution in [0.4, 0.5) is 0 Å². The Kier molecular flexibility index (Phi) is 5.97. The fourth-order valence-corrected chi connectivity index (χ4v) is 5.19. The van der Waals surface area contributed by atoms with Gasteiger partial charge in [-0.1, -0.05) is 12.1 Å². The zero-order valence-corrected chi connectivity index (χ0v) is 21.5. The molecule has 0 saturated heterocycles. The number of phenols is 1. The van der Waals surface area contributed by atoms with Crippen LogP contribution in [0.3, 0.4) is 0 Å². The minimum Gasteiger partial charge on any atom is -0.507 e. The second kappa shape index (κ2) is 8.54. The fourth-order valence-electron chi connectivity index (χ4n) is 5.19. The molecule has 0 atom stereocenters. The highest BCUT2D eigenvalue weighted by Gasteiger charge is 2.31. The molecule has 35 heavy (non-hydrogen) atoms. The van der Waals surface area contributed by atoms with Crippen molar-refractivity contribution in [1.82, 2.24) is 5.32 Å². The Bertz CT molecular complexity index is 1580. The number of carbonyl (C=O) groups is 1. The second-order valence-electron chi connectivity index (χ2n) is 9.45. The van der Waals surface area contributed by atoms with Gasteiger partial charge in [0.2, 0.25) is 0 Å². The number of aromatic hydroxyl groups is 1. The number of fused-ring (bicyclic) bond motifs is 2. The minimum absolute atomic E-state index is 0.108. The number of hydrogen-bond acceptors (Lipinski definition) is 5. The van der Waals surface area contributed by atoms with Crippen molar-refractivity contribution >= 4 is 16.9 Å². The number of rotatable bonds is 4. The molecule has 6 nitrogen and oxygen atoms in total. The zero-order chi connectivity index (χ0) is 25.9. The van der Waals surface area contributed by atoms with E-state index in [-0.39, 0.29) is 16.7 Å². The van der Waals surface area contributed by atoms with Crippen LogP contribution in [0.15, 0.2) is 21.3 Å². The molecule has 0 spiro atoms. The predicted molar refractivity (Wildman–Crippen MR) is 139 cm³/mol. The average molecular weight is 474 g/mol. The van der Waals surface area contributed by atoms with Crippen LogP contribution in [0, 0.1) is 48.5 Å². The lowest BCUT2D eigenvalue weighted by Gasteiger charge is -2.26. The van der Waals surface area contributed by atoms with E-state index in [4.69, 9.17) is 4.42 Å². The first-order chi connectivity index (χ1) is 16.4. The molecular formula is C29H31NO5. The van der Waals surface area contributed by atoms with Gasteiger partial charge in [-0.3, -0.25) is 4.79 Å². The van der Waals surface area contributed by atoms with Gasteiger partial charge in [-0.15, -0.1) is 0 Å². The summed E-state index contributed by atoms with van der Waals surface area (Å²) < 4.78 is 6.48. The highest BCUT2D eigenvalue weighted by molar-refractivity contribution is 6.11. The van der Waals surface area contributed by atoms with E-state index in [0.29, 0.717) is 51.3 Å². The van der Waals surface area contributed by atoms with Gasteiger partial charge in [0.1, 0.15) is 17.1 Å². The normalized spacial score (nSPS) is 11.5. The molecule has 0 saturated carbocycles. The maximum absolute atomic E-state index is 13.3. The second-order valence-corrected chi connectivity index (χ2v) is 9.45. The first kappa shape index (κ1) is 24.5. The van der Waals surface area contributed by atoms with Gasteiger partial charge in [0.25, 0.3) is 0 Å². The molecule has 0 aromatic heterocycles. The molecule has 2 aromatic rings. The van der Waals surface area contributed by atoms with Gasteiger partial charge in [0, 0.05) is 39.7 Å². The summed E-state index contributed by atoms with van der Waals surface area (Å²) in [7, 11) is 1.76. The number of phenolic OH excluding ortho intramolecular Hbond substituents is 1. The maximum atomic E-state index is 13.3. The highest BCUT2D eigenvalue weighted by atomic mass is 16.4. The molecule has 1 aliphatic carbocycles. The van der Waals surface area contributed by atoms with Crippen LogP contribution in [0.25, 0.3) is 33.4 Å². The summed E-state index contributed by atoms with van der Waals surface area (Å²) >= 11 is 0. The number of nitrogens with one attached hydrogen (secondary N) is 1. The number of carboxylic acid groups (broad SMARTS) is 1. The standard InChI is InChI=1S/C29H31NO5/c1-12-9-10-13(2)21(29(33)34)20(12)24-22-14(3)16(5)25(31)18(7)27(22)35-28-19(11-30-8)26(32)17(6)15(4)23(24)28/h9-10,30-31H,11H2,1-8H3,(H,33,34). The molecule has 2 aromatic carbocycles. The van der Waals surface area contributed by atoms with Crippen molar-refractivity contribution in [3.8, 4) is 28.2 Å². The quantitative estimate of drug-likeness (QED) is 0.322. The smallest absolute Gasteiger partial charge is 0.336 e. The topological polar surface area (TPSA) is 99.8 Å². The summed E-state index contributed by atoms with van der Waals surface area (Å²) in [6.07, 6.45) is 0. The monoisotopic (exact) mass is 473 g/mol. The summed E-state index contributed by atoms with van der Waals surface area (Å²) in [5.74, 6) is -0.471. The molecule has 1 heterocycles. The van der Waals surface area contributed by atoms with Crippen molar-refractivity contribution in [2.45, 2.75) is 55.0 Å². The molecule has 2 aliphatic rings. The van der Waals surface area contributed by atoms with Gasteiger partial charge in [-0.25, -0.2) is 4.79 Å². The van der Waals surface area contributed by atoms with Gasteiger partial charge in [-0.05, 0) is 83.3 Å². The number of benzene rings is 3. The van der Waals surface area contributed by atoms with E-state index in [9.17, 15) is 19.8 Å².